The summed E-state index contributed by atoms with van der Waals surface area (Å²) in [6.45, 7) is 2.87. The zero-order valence-corrected chi connectivity index (χ0v) is 22.1. The van der Waals surface area contributed by atoms with Gasteiger partial charge in [0.05, 0.1) is 20.8 Å². The SMILES string of the molecule is CCOc1cc(/C=C2\SC(=S)N(c3ccc(Cl)cc3)C2=O)cc(I)c1OCc1ccccc1. The smallest absolute Gasteiger partial charge is 0.270 e. The Morgan fingerprint density at radius 2 is 1.82 bits per heavy atom. The molecular weight excluding hydrogens is 589 g/mol. The van der Waals surface area contributed by atoms with Crippen LogP contribution >= 0.6 is 58.2 Å². The summed E-state index contributed by atoms with van der Waals surface area (Å²) >= 11 is 15.0. The standard InChI is InChI=1S/C25H19ClINO3S2/c1-2-30-21-13-17(12-20(27)23(21)31-15-16-6-4-3-5-7-16)14-22-24(29)28(25(32)33-22)19-10-8-18(26)9-11-19/h3-14H,2,15H2,1H3/b22-14-. The highest BCUT2D eigenvalue weighted by Crippen LogP contribution is 2.39. The highest BCUT2D eigenvalue weighted by molar-refractivity contribution is 14.1. The van der Waals surface area contributed by atoms with E-state index < -0.39 is 0 Å². The number of halogens is 2. The number of anilines is 1. The van der Waals surface area contributed by atoms with Crippen molar-refractivity contribution in [2.24, 2.45) is 0 Å². The normalized spacial score (nSPS) is 14.8. The second-order valence-corrected chi connectivity index (χ2v) is 10.3. The molecule has 33 heavy (non-hydrogen) atoms. The van der Waals surface area contributed by atoms with Gasteiger partial charge < -0.3 is 9.47 Å². The second kappa shape index (κ2) is 10.9. The first-order chi connectivity index (χ1) is 16.0. The van der Waals surface area contributed by atoms with Crippen molar-refractivity contribution in [3.8, 4) is 11.5 Å². The van der Waals surface area contributed by atoms with Crippen LogP contribution in [0.5, 0.6) is 11.5 Å². The number of hydrogen-bond acceptors (Lipinski definition) is 5. The van der Waals surface area contributed by atoms with Crippen LogP contribution < -0.4 is 14.4 Å². The number of amides is 1. The molecule has 0 atom stereocenters. The van der Waals surface area contributed by atoms with E-state index in [9.17, 15) is 4.79 Å². The predicted molar refractivity (Wildman–Crippen MR) is 148 cm³/mol. The van der Waals surface area contributed by atoms with Crippen LogP contribution in [0.2, 0.25) is 5.02 Å². The summed E-state index contributed by atoms with van der Waals surface area (Å²) in [7, 11) is 0. The van der Waals surface area contributed by atoms with Crippen molar-refractivity contribution in [2.75, 3.05) is 11.5 Å². The van der Waals surface area contributed by atoms with Crippen molar-refractivity contribution >= 4 is 80.2 Å². The van der Waals surface area contributed by atoms with Gasteiger partial charge in [0.25, 0.3) is 5.91 Å². The van der Waals surface area contributed by atoms with Crippen LogP contribution in [0.3, 0.4) is 0 Å². The molecule has 1 aliphatic rings. The van der Waals surface area contributed by atoms with E-state index in [4.69, 9.17) is 33.3 Å². The molecule has 3 aromatic carbocycles. The Bertz CT molecular complexity index is 1220. The van der Waals surface area contributed by atoms with Crippen LogP contribution in [0.4, 0.5) is 5.69 Å². The van der Waals surface area contributed by atoms with Crippen LogP contribution in [0.25, 0.3) is 6.08 Å². The number of carbonyl (C=O) groups is 1. The van der Waals surface area contributed by atoms with Gasteiger partial charge in [-0.1, -0.05) is 65.9 Å². The van der Waals surface area contributed by atoms with E-state index >= 15 is 0 Å². The highest BCUT2D eigenvalue weighted by atomic mass is 127. The molecule has 4 nitrogen and oxygen atoms in total. The van der Waals surface area contributed by atoms with Gasteiger partial charge in [-0.05, 0) is 83.1 Å². The monoisotopic (exact) mass is 607 g/mol. The molecule has 4 rings (SSSR count). The van der Waals surface area contributed by atoms with E-state index in [2.05, 4.69) is 22.6 Å². The van der Waals surface area contributed by atoms with E-state index in [-0.39, 0.29) is 5.91 Å². The molecule has 0 aromatic heterocycles. The van der Waals surface area contributed by atoms with Crippen LogP contribution in [0.15, 0.2) is 71.6 Å². The van der Waals surface area contributed by atoms with E-state index in [0.717, 1.165) is 14.7 Å². The molecule has 1 heterocycles. The topological polar surface area (TPSA) is 38.8 Å². The number of ether oxygens (including phenoxy) is 2. The number of nitrogens with zero attached hydrogens (tertiary/aromatic N) is 1. The van der Waals surface area contributed by atoms with Gasteiger partial charge in [0.2, 0.25) is 0 Å². The molecule has 0 spiro atoms. The van der Waals surface area contributed by atoms with Gasteiger partial charge in [-0.25, -0.2) is 0 Å². The second-order valence-electron chi connectivity index (χ2n) is 7.03. The first kappa shape index (κ1) is 24.1. The minimum absolute atomic E-state index is 0.162. The molecule has 3 aromatic rings. The number of thiocarbonyl (C=S) groups is 1. The average Bonchev–Trinajstić information content (AvgIpc) is 3.07. The van der Waals surface area contributed by atoms with Crippen molar-refractivity contribution in [3.05, 3.63) is 91.4 Å². The fourth-order valence-electron chi connectivity index (χ4n) is 3.24. The van der Waals surface area contributed by atoms with Gasteiger partial charge in [-0.15, -0.1) is 0 Å². The zero-order valence-electron chi connectivity index (χ0n) is 17.6. The van der Waals surface area contributed by atoms with Crippen molar-refractivity contribution < 1.29 is 14.3 Å². The fraction of sp³-hybridized carbons (Fsp3) is 0.120. The Morgan fingerprint density at radius 3 is 2.52 bits per heavy atom. The van der Waals surface area contributed by atoms with Crippen LogP contribution in [0, 0.1) is 3.57 Å². The number of hydrogen-bond donors (Lipinski definition) is 0. The molecule has 8 heteroatoms. The van der Waals surface area contributed by atoms with Crippen LogP contribution in [0.1, 0.15) is 18.1 Å². The first-order valence-electron chi connectivity index (χ1n) is 10.1. The molecule has 0 unspecified atom stereocenters. The van der Waals surface area contributed by atoms with Gasteiger partial charge >= 0.3 is 0 Å². The average molecular weight is 608 g/mol. The third-order valence-electron chi connectivity index (χ3n) is 4.73. The van der Waals surface area contributed by atoms with Crippen molar-refractivity contribution in [3.63, 3.8) is 0 Å². The zero-order chi connectivity index (χ0) is 23.4. The Labute approximate surface area is 221 Å². The summed E-state index contributed by atoms with van der Waals surface area (Å²) in [6.07, 6.45) is 1.83. The Hall–Kier alpha value is -2.07. The summed E-state index contributed by atoms with van der Waals surface area (Å²) < 4.78 is 13.3. The molecule has 0 aliphatic carbocycles. The van der Waals surface area contributed by atoms with Gasteiger partial charge in [-0.2, -0.15) is 0 Å². The van der Waals surface area contributed by atoms with E-state index in [0.29, 0.717) is 44.6 Å². The molecule has 0 bridgehead atoms. The summed E-state index contributed by atoms with van der Waals surface area (Å²) in [5.74, 6) is 1.16. The van der Waals surface area contributed by atoms with Gasteiger partial charge in [0, 0.05) is 5.02 Å². The van der Waals surface area contributed by atoms with E-state index in [1.54, 1.807) is 24.3 Å². The lowest BCUT2D eigenvalue weighted by Gasteiger charge is -2.15. The Kier molecular flexibility index (Phi) is 7.95. The maximum Gasteiger partial charge on any atom is 0.270 e. The largest absolute Gasteiger partial charge is 0.490 e. The van der Waals surface area contributed by atoms with Crippen LogP contribution in [-0.2, 0) is 11.4 Å². The molecule has 1 fully saturated rings. The Balaban J connectivity index is 1.60. The highest BCUT2D eigenvalue weighted by Gasteiger charge is 2.33. The van der Waals surface area contributed by atoms with Crippen molar-refractivity contribution in [1.29, 1.82) is 0 Å². The van der Waals surface area contributed by atoms with Crippen molar-refractivity contribution in [1.82, 2.24) is 0 Å². The number of benzene rings is 3. The lowest BCUT2D eigenvalue weighted by atomic mass is 10.1. The third kappa shape index (κ3) is 5.71. The summed E-state index contributed by atoms with van der Waals surface area (Å²) in [5.41, 5.74) is 2.61. The minimum atomic E-state index is -0.162. The summed E-state index contributed by atoms with van der Waals surface area (Å²) in [5, 5.41) is 0.604. The Morgan fingerprint density at radius 1 is 1.09 bits per heavy atom. The van der Waals surface area contributed by atoms with E-state index in [1.165, 1.54) is 16.7 Å². The van der Waals surface area contributed by atoms with Crippen LogP contribution in [-0.4, -0.2) is 16.8 Å². The van der Waals surface area contributed by atoms with Gasteiger partial charge in [-0.3, -0.25) is 9.69 Å². The number of carbonyl (C=O) groups excluding carboxylic acids is 1. The van der Waals surface area contributed by atoms with E-state index in [1.807, 2.05) is 55.5 Å². The first-order valence-corrected chi connectivity index (χ1v) is 12.8. The molecule has 0 N–H and O–H groups in total. The molecule has 1 amide bonds. The fourth-order valence-corrected chi connectivity index (χ4v) is 5.44. The molecule has 1 aliphatic heterocycles. The lowest BCUT2D eigenvalue weighted by Crippen LogP contribution is -2.27. The molecule has 168 valence electrons. The molecular formula is C25H19ClINO3S2. The molecule has 1 saturated heterocycles. The predicted octanol–water partition coefficient (Wildman–Crippen LogP) is 7.33. The maximum absolute atomic E-state index is 13.1. The van der Waals surface area contributed by atoms with Crippen molar-refractivity contribution in [2.45, 2.75) is 13.5 Å². The lowest BCUT2D eigenvalue weighted by molar-refractivity contribution is -0.113. The third-order valence-corrected chi connectivity index (χ3v) is 7.09. The van der Waals surface area contributed by atoms with Gasteiger partial charge in [0.1, 0.15) is 6.61 Å². The number of rotatable bonds is 7. The molecule has 0 radical (unpaired) electrons. The number of thioether (sulfide) groups is 1. The minimum Gasteiger partial charge on any atom is -0.490 e. The maximum atomic E-state index is 13.1. The summed E-state index contributed by atoms with van der Waals surface area (Å²) in [4.78, 5) is 15.2. The summed E-state index contributed by atoms with van der Waals surface area (Å²) in [6, 6.07) is 20.9. The van der Waals surface area contributed by atoms with Gasteiger partial charge in [0.15, 0.2) is 15.8 Å². The quantitative estimate of drug-likeness (QED) is 0.160. The molecule has 0 saturated carbocycles.